The van der Waals surface area contributed by atoms with Crippen molar-refractivity contribution in [2.24, 2.45) is 11.8 Å². The quantitative estimate of drug-likeness (QED) is 0.859. The van der Waals surface area contributed by atoms with Crippen LogP contribution in [0.2, 0.25) is 0 Å². The van der Waals surface area contributed by atoms with E-state index < -0.39 is 0 Å². The average molecular weight is 329 g/mol. The van der Waals surface area contributed by atoms with E-state index in [2.05, 4.69) is 47.0 Å². The lowest BCUT2D eigenvalue weighted by atomic mass is 9.84. The minimum Gasteiger partial charge on any atom is -0.316 e. The van der Waals surface area contributed by atoms with Crippen molar-refractivity contribution in [3.63, 3.8) is 0 Å². The summed E-state index contributed by atoms with van der Waals surface area (Å²) in [5, 5.41) is 3.22. The van der Waals surface area contributed by atoms with Gasteiger partial charge in [-0.25, -0.2) is 0 Å². The first-order chi connectivity index (χ1) is 7.66. The Bertz CT molecular complexity index is 370. The first kappa shape index (κ1) is 12.0. The van der Waals surface area contributed by atoms with Crippen LogP contribution in [0.15, 0.2) is 24.3 Å². The lowest BCUT2D eigenvalue weighted by molar-refractivity contribution is -0.123. The van der Waals surface area contributed by atoms with Crippen LogP contribution in [-0.4, -0.2) is 18.9 Å². The van der Waals surface area contributed by atoms with Crippen molar-refractivity contribution in [3.05, 3.63) is 33.4 Å². The van der Waals surface area contributed by atoms with Crippen LogP contribution >= 0.6 is 22.6 Å². The molecule has 0 radical (unpaired) electrons. The lowest BCUT2D eigenvalue weighted by Gasteiger charge is -2.31. The molecule has 2 nitrogen and oxygen atoms in total. The van der Waals surface area contributed by atoms with Crippen molar-refractivity contribution in [1.82, 2.24) is 5.32 Å². The van der Waals surface area contributed by atoms with E-state index in [1.807, 2.05) is 12.1 Å². The fraction of sp³-hybridized carbons (Fsp3) is 0.462. The summed E-state index contributed by atoms with van der Waals surface area (Å²) in [7, 11) is 0. The van der Waals surface area contributed by atoms with E-state index >= 15 is 0 Å². The van der Waals surface area contributed by atoms with Crippen LogP contribution in [0.5, 0.6) is 0 Å². The van der Waals surface area contributed by atoms with Gasteiger partial charge in [0.1, 0.15) is 5.78 Å². The molecule has 0 amide bonds. The highest BCUT2D eigenvalue weighted by Crippen LogP contribution is 2.19. The van der Waals surface area contributed by atoms with Crippen LogP contribution in [-0.2, 0) is 11.2 Å². The first-order valence-corrected chi connectivity index (χ1v) is 6.72. The zero-order chi connectivity index (χ0) is 11.5. The SMILES string of the molecule is CC(C(=O)Cc1ccc(I)cc1)C1CNC1. The number of halogens is 1. The number of hydrogen-bond acceptors (Lipinski definition) is 2. The maximum Gasteiger partial charge on any atom is 0.140 e. The highest BCUT2D eigenvalue weighted by Gasteiger charge is 2.28. The molecule has 0 bridgehead atoms. The minimum atomic E-state index is 0.195. The van der Waals surface area contributed by atoms with Crippen LogP contribution in [0.3, 0.4) is 0 Å². The lowest BCUT2D eigenvalue weighted by Crippen LogP contribution is -2.47. The summed E-state index contributed by atoms with van der Waals surface area (Å²) in [6.45, 7) is 4.06. The molecule has 2 rings (SSSR count). The van der Waals surface area contributed by atoms with E-state index in [1.165, 1.54) is 3.57 Å². The molecule has 1 aromatic carbocycles. The monoisotopic (exact) mass is 329 g/mol. The predicted octanol–water partition coefficient (Wildman–Crippen LogP) is 2.26. The molecular formula is C13H16INO. The Kier molecular flexibility index (Phi) is 3.97. The average Bonchev–Trinajstić information content (AvgIpc) is 2.19. The second kappa shape index (κ2) is 5.27. The topological polar surface area (TPSA) is 29.1 Å². The Morgan fingerprint density at radius 1 is 1.44 bits per heavy atom. The standard InChI is InChI=1S/C13H16INO/c1-9(11-7-15-8-11)13(16)6-10-2-4-12(14)5-3-10/h2-5,9,11,15H,6-8H2,1H3. The fourth-order valence-corrected chi connectivity index (χ4v) is 2.25. The molecule has 1 fully saturated rings. The molecule has 0 aromatic heterocycles. The molecule has 86 valence electrons. The number of ketones is 1. The third kappa shape index (κ3) is 2.83. The van der Waals surface area contributed by atoms with Crippen molar-refractivity contribution in [2.75, 3.05) is 13.1 Å². The first-order valence-electron chi connectivity index (χ1n) is 5.64. The van der Waals surface area contributed by atoms with Crippen molar-refractivity contribution in [1.29, 1.82) is 0 Å². The number of nitrogens with one attached hydrogen (secondary N) is 1. The molecule has 0 saturated carbocycles. The summed E-state index contributed by atoms with van der Waals surface area (Å²) in [5.41, 5.74) is 1.13. The normalized spacial score (nSPS) is 17.9. The predicted molar refractivity (Wildman–Crippen MR) is 73.4 cm³/mol. The smallest absolute Gasteiger partial charge is 0.140 e. The van der Waals surface area contributed by atoms with E-state index in [0.29, 0.717) is 18.1 Å². The molecule has 1 aromatic rings. The van der Waals surface area contributed by atoms with Crippen LogP contribution in [0.25, 0.3) is 0 Å². The zero-order valence-electron chi connectivity index (χ0n) is 9.37. The summed E-state index contributed by atoms with van der Waals surface area (Å²) >= 11 is 2.28. The molecule has 1 heterocycles. The van der Waals surface area contributed by atoms with Gasteiger partial charge in [0.25, 0.3) is 0 Å². The van der Waals surface area contributed by atoms with Gasteiger partial charge in [0, 0.05) is 15.9 Å². The fourth-order valence-electron chi connectivity index (χ4n) is 1.89. The molecule has 1 unspecified atom stereocenters. The maximum atomic E-state index is 12.0. The van der Waals surface area contributed by atoms with E-state index in [-0.39, 0.29) is 5.92 Å². The molecule has 3 heteroatoms. The molecule has 1 N–H and O–H groups in total. The number of benzene rings is 1. The van der Waals surface area contributed by atoms with Crippen LogP contribution < -0.4 is 5.32 Å². The molecular weight excluding hydrogens is 313 g/mol. The summed E-state index contributed by atoms with van der Waals surface area (Å²) in [6, 6.07) is 8.20. The Balaban J connectivity index is 1.93. The molecule has 1 saturated heterocycles. The van der Waals surface area contributed by atoms with Gasteiger partial charge in [-0.15, -0.1) is 0 Å². The highest BCUT2D eigenvalue weighted by atomic mass is 127. The van der Waals surface area contributed by atoms with E-state index in [1.54, 1.807) is 0 Å². The number of carbonyl (C=O) groups is 1. The third-order valence-corrected chi connectivity index (χ3v) is 4.04. The van der Waals surface area contributed by atoms with Crippen molar-refractivity contribution >= 4 is 28.4 Å². The molecule has 1 aliphatic heterocycles. The maximum absolute atomic E-state index is 12.0. The van der Waals surface area contributed by atoms with E-state index in [9.17, 15) is 4.79 Å². The zero-order valence-corrected chi connectivity index (χ0v) is 11.5. The Labute approximate surface area is 110 Å². The van der Waals surface area contributed by atoms with Gasteiger partial charge in [-0.2, -0.15) is 0 Å². The number of rotatable bonds is 4. The Hall–Kier alpha value is -0.420. The van der Waals surface area contributed by atoms with Gasteiger partial charge in [0.2, 0.25) is 0 Å². The van der Waals surface area contributed by atoms with Gasteiger partial charge < -0.3 is 5.32 Å². The Morgan fingerprint density at radius 2 is 2.06 bits per heavy atom. The summed E-state index contributed by atoms with van der Waals surface area (Å²) in [4.78, 5) is 12.0. The largest absolute Gasteiger partial charge is 0.316 e. The van der Waals surface area contributed by atoms with Crippen molar-refractivity contribution < 1.29 is 4.79 Å². The molecule has 1 atom stereocenters. The van der Waals surface area contributed by atoms with Crippen molar-refractivity contribution in [2.45, 2.75) is 13.3 Å². The highest BCUT2D eigenvalue weighted by molar-refractivity contribution is 14.1. The van der Waals surface area contributed by atoms with E-state index in [4.69, 9.17) is 0 Å². The number of hydrogen-bond donors (Lipinski definition) is 1. The molecule has 16 heavy (non-hydrogen) atoms. The molecule has 0 spiro atoms. The van der Waals surface area contributed by atoms with Gasteiger partial charge in [-0.05, 0) is 59.3 Å². The number of carbonyl (C=O) groups excluding carboxylic acids is 1. The number of Topliss-reactive ketones (excluding diaryl/α,β-unsaturated/α-hetero) is 1. The van der Waals surface area contributed by atoms with Gasteiger partial charge in [-0.3, -0.25) is 4.79 Å². The second-order valence-corrected chi connectivity index (χ2v) is 5.72. The van der Waals surface area contributed by atoms with Crippen LogP contribution in [0.1, 0.15) is 12.5 Å². The molecule has 0 aliphatic carbocycles. The second-order valence-electron chi connectivity index (χ2n) is 4.48. The van der Waals surface area contributed by atoms with Gasteiger partial charge in [-0.1, -0.05) is 19.1 Å². The summed E-state index contributed by atoms with van der Waals surface area (Å²) in [5.74, 6) is 1.12. The van der Waals surface area contributed by atoms with Crippen LogP contribution in [0, 0.1) is 15.4 Å². The summed E-state index contributed by atoms with van der Waals surface area (Å²) < 4.78 is 1.21. The van der Waals surface area contributed by atoms with E-state index in [0.717, 1.165) is 18.7 Å². The summed E-state index contributed by atoms with van der Waals surface area (Å²) in [6.07, 6.45) is 0.578. The van der Waals surface area contributed by atoms with Gasteiger partial charge in [0.15, 0.2) is 0 Å². The molecule has 1 aliphatic rings. The minimum absolute atomic E-state index is 0.195. The van der Waals surface area contributed by atoms with Crippen LogP contribution in [0.4, 0.5) is 0 Å². The Morgan fingerprint density at radius 3 is 2.56 bits per heavy atom. The van der Waals surface area contributed by atoms with Crippen molar-refractivity contribution in [3.8, 4) is 0 Å². The third-order valence-electron chi connectivity index (χ3n) is 3.32. The van der Waals surface area contributed by atoms with Gasteiger partial charge >= 0.3 is 0 Å². The van der Waals surface area contributed by atoms with Gasteiger partial charge in [0.05, 0.1) is 0 Å².